The summed E-state index contributed by atoms with van der Waals surface area (Å²) in [5.74, 6) is 1.98. The van der Waals surface area contributed by atoms with Crippen LogP contribution in [-0.4, -0.2) is 5.78 Å². The number of rotatable bonds is 9. The minimum absolute atomic E-state index is 0.337. The van der Waals surface area contributed by atoms with Gasteiger partial charge in [0.1, 0.15) is 5.78 Å². The molecule has 1 nitrogen and oxygen atoms in total. The molecule has 0 saturated carbocycles. The summed E-state index contributed by atoms with van der Waals surface area (Å²) in [6.07, 6.45) is 12.0. The topological polar surface area (TPSA) is 17.1 Å². The Kier molecular flexibility index (Phi) is 7.33. The minimum Gasteiger partial charge on any atom is -0.300 e. The second-order valence-electron chi connectivity index (χ2n) is 7.74. The lowest BCUT2D eigenvalue weighted by atomic mass is 9.83. The minimum atomic E-state index is 0.337. The van der Waals surface area contributed by atoms with E-state index in [1.165, 1.54) is 56.9 Å². The van der Waals surface area contributed by atoms with Crippen LogP contribution in [0.4, 0.5) is 0 Å². The van der Waals surface area contributed by atoms with Gasteiger partial charge in [0.2, 0.25) is 0 Å². The molecule has 1 unspecified atom stereocenters. The number of hydrogen-bond donors (Lipinski definition) is 0. The van der Waals surface area contributed by atoms with Gasteiger partial charge in [-0.15, -0.1) is 0 Å². The molecule has 23 heavy (non-hydrogen) atoms. The third kappa shape index (κ3) is 6.12. The van der Waals surface area contributed by atoms with Crippen LogP contribution in [0.3, 0.4) is 0 Å². The summed E-state index contributed by atoms with van der Waals surface area (Å²) < 4.78 is 0. The van der Waals surface area contributed by atoms with Crippen molar-refractivity contribution < 1.29 is 4.79 Å². The molecule has 1 aliphatic rings. The standard InChI is InChI=1S/C22H34O/c1-4-6-19(8-5-7-18(3)23)10-11-20-12-14-21-15-17(2)9-13-22(21)16-20/h12,14,16-17,19H,4-11,13,15H2,1-3H3/t17-,19?/m0/s1. The summed E-state index contributed by atoms with van der Waals surface area (Å²) in [4.78, 5) is 11.1. The molecule has 0 saturated heterocycles. The van der Waals surface area contributed by atoms with Gasteiger partial charge in [0.25, 0.3) is 0 Å². The van der Waals surface area contributed by atoms with Crippen molar-refractivity contribution in [3.8, 4) is 0 Å². The number of fused-ring (bicyclic) bond motifs is 1. The fourth-order valence-electron chi connectivity index (χ4n) is 4.00. The number of hydrogen-bond acceptors (Lipinski definition) is 1. The molecule has 0 fully saturated rings. The van der Waals surface area contributed by atoms with E-state index >= 15 is 0 Å². The highest BCUT2D eigenvalue weighted by Crippen LogP contribution is 2.27. The number of carbonyl (C=O) groups excluding carboxylic acids is 1. The van der Waals surface area contributed by atoms with Crippen molar-refractivity contribution in [2.45, 2.75) is 85.0 Å². The molecule has 1 aliphatic carbocycles. The lowest BCUT2D eigenvalue weighted by Crippen LogP contribution is -2.11. The zero-order chi connectivity index (χ0) is 16.7. The van der Waals surface area contributed by atoms with Crippen LogP contribution in [0.2, 0.25) is 0 Å². The largest absolute Gasteiger partial charge is 0.300 e. The third-order valence-corrected chi connectivity index (χ3v) is 5.42. The second kappa shape index (κ2) is 9.25. The summed E-state index contributed by atoms with van der Waals surface area (Å²) in [5.41, 5.74) is 4.70. The van der Waals surface area contributed by atoms with Crippen LogP contribution in [0.5, 0.6) is 0 Å². The maximum absolute atomic E-state index is 11.1. The van der Waals surface area contributed by atoms with Gasteiger partial charge in [-0.25, -0.2) is 0 Å². The summed E-state index contributed by atoms with van der Waals surface area (Å²) in [6, 6.07) is 7.21. The number of Topliss-reactive ketones (excluding diaryl/α,β-unsaturated/α-hetero) is 1. The molecule has 1 aromatic rings. The highest BCUT2D eigenvalue weighted by molar-refractivity contribution is 5.75. The molecule has 0 aromatic heterocycles. The van der Waals surface area contributed by atoms with Crippen LogP contribution >= 0.6 is 0 Å². The number of benzene rings is 1. The molecule has 2 atom stereocenters. The van der Waals surface area contributed by atoms with Gasteiger partial charge in [-0.1, -0.05) is 51.3 Å². The Morgan fingerprint density at radius 1 is 1.22 bits per heavy atom. The molecule has 0 amide bonds. The van der Waals surface area contributed by atoms with E-state index < -0.39 is 0 Å². The van der Waals surface area contributed by atoms with Gasteiger partial charge in [-0.3, -0.25) is 0 Å². The summed E-state index contributed by atoms with van der Waals surface area (Å²) in [7, 11) is 0. The van der Waals surface area contributed by atoms with E-state index in [-0.39, 0.29) is 0 Å². The van der Waals surface area contributed by atoms with Gasteiger partial charge in [-0.05, 0) is 74.0 Å². The normalized spacial score (nSPS) is 18.5. The molecule has 0 aliphatic heterocycles. The van der Waals surface area contributed by atoms with Crippen LogP contribution in [-0.2, 0) is 24.1 Å². The highest BCUT2D eigenvalue weighted by atomic mass is 16.1. The number of carbonyl (C=O) groups is 1. The predicted octanol–water partition coefficient (Wildman–Crippen LogP) is 5.92. The molecule has 0 spiro atoms. The lowest BCUT2D eigenvalue weighted by Gasteiger charge is -2.22. The Bertz CT molecular complexity index is 503. The second-order valence-corrected chi connectivity index (χ2v) is 7.74. The first-order valence-corrected chi connectivity index (χ1v) is 9.68. The van der Waals surface area contributed by atoms with E-state index in [1.54, 1.807) is 18.1 Å². The molecule has 128 valence electrons. The zero-order valence-corrected chi connectivity index (χ0v) is 15.4. The van der Waals surface area contributed by atoms with Crippen molar-refractivity contribution in [1.82, 2.24) is 0 Å². The number of aryl methyl sites for hydroxylation is 2. The Labute approximate surface area is 142 Å². The third-order valence-electron chi connectivity index (χ3n) is 5.42. The lowest BCUT2D eigenvalue weighted by molar-refractivity contribution is -0.117. The first kappa shape index (κ1) is 18.2. The maximum Gasteiger partial charge on any atom is 0.129 e. The quantitative estimate of drug-likeness (QED) is 0.553. The molecular formula is C22H34O. The van der Waals surface area contributed by atoms with E-state index in [4.69, 9.17) is 0 Å². The molecule has 0 bridgehead atoms. The van der Waals surface area contributed by atoms with E-state index in [0.29, 0.717) is 5.78 Å². The van der Waals surface area contributed by atoms with E-state index in [9.17, 15) is 4.79 Å². The van der Waals surface area contributed by atoms with Crippen molar-refractivity contribution in [2.24, 2.45) is 11.8 Å². The van der Waals surface area contributed by atoms with E-state index in [0.717, 1.165) is 24.7 Å². The van der Waals surface area contributed by atoms with Crippen molar-refractivity contribution in [3.63, 3.8) is 0 Å². The maximum atomic E-state index is 11.1. The van der Waals surface area contributed by atoms with Crippen molar-refractivity contribution in [1.29, 1.82) is 0 Å². The Morgan fingerprint density at radius 3 is 2.78 bits per heavy atom. The van der Waals surface area contributed by atoms with Gasteiger partial charge >= 0.3 is 0 Å². The first-order valence-electron chi connectivity index (χ1n) is 9.68. The molecule has 2 rings (SSSR count). The van der Waals surface area contributed by atoms with E-state index in [2.05, 4.69) is 32.0 Å². The fraction of sp³-hybridized carbons (Fsp3) is 0.682. The SMILES string of the molecule is CCCC(CCCC(C)=O)CCc1ccc2c(c1)CC[C@H](C)C2. The van der Waals surface area contributed by atoms with Crippen molar-refractivity contribution in [2.75, 3.05) is 0 Å². The van der Waals surface area contributed by atoms with Crippen molar-refractivity contribution >= 4 is 5.78 Å². The molecular weight excluding hydrogens is 280 g/mol. The van der Waals surface area contributed by atoms with Crippen molar-refractivity contribution in [3.05, 3.63) is 34.9 Å². The van der Waals surface area contributed by atoms with Crippen LogP contribution in [0, 0.1) is 11.8 Å². The molecule has 1 heteroatoms. The monoisotopic (exact) mass is 314 g/mol. The Balaban J connectivity index is 1.86. The first-order chi connectivity index (χ1) is 11.1. The predicted molar refractivity (Wildman–Crippen MR) is 98.9 cm³/mol. The van der Waals surface area contributed by atoms with Crippen LogP contribution in [0.15, 0.2) is 18.2 Å². The van der Waals surface area contributed by atoms with Gasteiger partial charge in [-0.2, -0.15) is 0 Å². The van der Waals surface area contributed by atoms with Crippen LogP contribution in [0.25, 0.3) is 0 Å². The molecule has 0 radical (unpaired) electrons. The van der Waals surface area contributed by atoms with Gasteiger partial charge in [0, 0.05) is 6.42 Å². The summed E-state index contributed by atoms with van der Waals surface area (Å²) >= 11 is 0. The van der Waals surface area contributed by atoms with Crippen LogP contribution in [0.1, 0.15) is 82.4 Å². The Hall–Kier alpha value is -1.11. The highest BCUT2D eigenvalue weighted by Gasteiger charge is 2.15. The fourth-order valence-corrected chi connectivity index (χ4v) is 4.00. The average Bonchev–Trinajstić information content (AvgIpc) is 2.52. The molecule has 0 N–H and O–H groups in total. The average molecular weight is 315 g/mol. The van der Waals surface area contributed by atoms with Crippen LogP contribution < -0.4 is 0 Å². The smallest absolute Gasteiger partial charge is 0.129 e. The zero-order valence-electron chi connectivity index (χ0n) is 15.4. The van der Waals surface area contributed by atoms with Gasteiger partial charge in [0.05, 0.1) is 0 Å². The van der Waals surface area contributed by atoms with E-state index in [1.807, 2.05) is 0 Å². The molecule has 0 heterocycles. The van der Waals surface area contributed by atoms with Gasteiger partial charge in [0.15, 0.2) is 0 Å². The summed E-state index contributed by atoms with van der Waals surface area (Å²) in [6.45, 7) is 6.36. The summed E-state index contributed by atoms with van der Waals surface area (Å²) in [5, 5.41) is 0. The molecule has 1 aromatic carbocycles. The van der Waals surface area contributed by atoms with Gasteiger partial charge < -0.3 is 4.79 Å². The Morgan fingerprint density at radius 2 is 2.04 bits per heavy atom. The number of ketones is 1.